The Labute approximate surface area is 54.3 Å². The van der Waals surface area contributed by atoms with Gasteiger partial charge in [0.1, 0.15) is 0 Å². The van der Waals surface area contributed by atoms with E-state index in [1.165, 1.54) is 6.42 Å². The van der Waals surface area contributed by atoms with Gasteiger partial charge in [-0.1, -0.05) is 0 Å². The van der Waals surface area contributed by atoms with Crippen molar-refractivity contribution in [1.82, 2.24) is 10.2 Å². The molecule has 0 aromatic carbocycles. The summed E-state index contributed by atoms with van der Waals surface area (Å²) in [6.45, 7) is 2.01. The summed E-state index contributed by atoms with van der Waals surface area (Å²) in [6.07, 6.45) is 3.42. The van der Waals surface area contributed by atoms with Crippen molar-refractivity contribution in [1.29, 1.82) is 5.26 Å². The Bertz CT molecular complexity index is 146. The van der Waals surface area contributed by atoms with Crippen LogP contribution in [0.15, 0.2) is 0 Å². The van der Waals surface area contributed by atoms with Crippen LogP contribution in [0.2, 0.25) is 0 Å². The van der Waals surface area contributed by atoms with Crippen LogP contribution < -0.4 is 5.32 Å². The molecule has 9 heavy (non-hydrogen) atoms. The van der Waals surface area contributed by atoms with Crippen LogP contribution in [0.4, 0.5) is 0 Å². The lowest BCUT2D eigenvalue weighted by Gasteiger charge is -2.49. The van der Waals surface area contributed by atoms with Crippen molar-refractivity contribution >= 4 is 0 Å². The molecule has 3 rings (SSSR count). The van der Waals surface area contributed by atoms with Crippen LogP contribution in [0.5, 0.6) is 0 Å². The van der Waals surface area contributed by atoms with Crippen molar-refractivity contribution in [3.8, 4) is 6.19 Å². The minimum absolute atomic E-state index is 0.522. The van der Waals surface area contributed by atoms with Gasteiger partial charge in [0.05, 0.1) is 12.1 Å². The van der Waals surface area contributed by atoms with Crippen LogP contribution in [0.3, 0.4) is 0 Å². The Morgan fingerprint density at radius 1 is 1.44 bits per heavy atom. The zero-order chi connectivity index (χ0) is 6.27. The number of rotatable bonds is 0. The molecule has 3 saturated heterocycles. The lowest BCUT2D eigenvalue weighted by Crippen LogP contribution is -2.65. The van der Waals surface area contributed by atoms with Crippen molar-refractivity contribution in [2.75, 3.05) is 13.1 Å². The molecule has 3 aliphatic heterocycles. The van der Waals surface area contributed by atoms with E-state index in [1.54, 1.807) is 0 Å². The van der Waals surface area contributed by atoms with Crippen LogP contribution >= 0.6 is 0 Å². The minimum Gasteiger partial charge on any atom is -0.313 e. The topological polar surface area (TPSA) is 39.1 Å². The molecule has 0 aliphatic carbocycles. The van der Waals surface area contributed by atoms with Crippen LogP contribution in [0, 0.1) is 11.5 Å². The van der Waals surface area contributed by atoms with E-state index in [4.69, 9.17) is 5.26 Å². The van der Waals surface area contributed by atoms with Crippen LogP contribution in [-0.2, 0) is 0 Å². The summed E-state index contributed by atoms with van der Waals surface area (Å²) < 4.78 is 0. The summed E-state index contributed by atoms with van der Waals surface area (Å²) in [6, 6.07) is 1.04. The first kappa shape index (κ1) is 5.07. The van der Waals surface area contributed by atoms with E-state index >= 15 is 0 Å². The Kier molecular flexibility index (Phi) is 0.908. The van der Waals surface area contributed by atoms with Crippen molar-refractivity contribution in [2.45, 2.75) is 18.5 Å². The standard InChI is InChI=1S/C6H9N3/c7-4-9-5-1-6(9)3-8-2-5/h5-6,8H,1-3H2. The summed E-state index contributed by atoms with van der Waals surface area (Å²) in [4.78, 5) is 1.90. The zero-order valence-electron chi connectivity index (χ0n) is 5.17. The number of nitrogens with one attached hydrogen (secondary N) is 1. The van der Waals surface area contributed by atoms with E-state index in [-0.39, 0.29) is 0 Å². The van der Waals surface area contributed by atoms with E-state index in [9.17, 15) is 0 Å². The van der Waals surface area contributed by atoms with E-state index in [1.807, 2.05) is 4.90 Å². The third kappa shape index (κ3) is 0.539. The number of hydrogen-bond acceptors (Lipinski definition) is 3. The van der Waals surface area contributed by atoms with Gasteiger partial charge in [0.15, 0.2) is 6.19 Å². The van der Waals surface area contributed by atoms with Crippen molar-refractivity contribution in [3.63, 3.8) is 0 Å². The SMILES string of the molecule is N#CN1C2CNCC1C2. The molecule has 0 spiro atoms. The Morgan fingerprint density at radius 2 is 2.11 bits per heavy atom. The fourth-order valence-corrected chi connectivity index (χ4v) is 1.64. The van der Waals surface area contributed by atoms with Crippen LogP contribution in [0.1, 0.15) is 6.42 Å². The smallest absolute Gasteiger partial charge is 0.179 e. The summed E-state index contributed by atoms with van der Waals surface area (Å²) >= 11 is 0. The highest BCUT2D eigenvalue weighted by atomic mass is 15.3. The first-order valence-corrected chi connectivity index (χ1v) is 3.30. The average molecular weight is 123 g/mol. The van der Waals surface area contributed by atoms with Crippen LogP contribution in [-0.4, -0.2) is 30.1 Å². The summed E-state index contributed by atoms with van der Waals surface area (Å²) in [5, 5.41) is 11.8. The second-order valence-electron chi connectivity index (χ2n) is 2.71. The van der Waals surface area contributed by atoms with E-state index < -0.39 is 0 Å². The lowest BCUT2D eigenvalue weighted by molar-refractivity contribution is 0.0430. The minimum atomic E-state index is 0.522. The molecule has 3 nitrogen and oxygen atoms in total. The molecule has 1 N–H and O–H groups in total. The summed E-state index contributed by atoms with van der Waals surface area (Å²) in [7, 11) is 0. The molecular weight excluding hydrogens is 114 g/mol. The molecular formula is C6H9N3. The van der Waals surface area contributed by atoms with Gasteiger partial charge in [-0.3, -0.25) is 0 Å². The van der Waals surface area contributed by atoms with Gasteiger partial charge in [-0.15, -0.1) is 0 Å². The highest BCUT2D eigenvalue weighted by Gasteiger charge is 2.40. The molecule has 0 aromatic heterocycles. The maximum atomic E-state index is 8.54. The first-order chi connectivity index (χ1) is 4.42. The number of fused-ring (bicyclic) bond motifs is 2. The molecule has 3 aliphatic rings. The number of nitrogens with zero attached hydrogens (tertiary/aromatic N) is 2. The van der Waals surface area contributed by atoms with Crippen molar-refractivity contribution < 1.29 is 0 Å². The average Bonchev–Trinajstić information content (AvgIpc) is 1.90. The molecule has 3 heteroatoms. The van der Waals surface area contributed by atoms with Gasteiger partial charge in [-0.05, 0) is 6.42 Å². The molecule has 3 heterocycles. The molecule has 48 valence electrons. The molecule has 0 saturated carbocycles. The van der Waals surface area contributed by atoms with Gasteiger partial charge in [0.25, 0.3) is 0 Å². The molecule has 2 unspecified atom stereocenters. The molecule has 0 radical (unpaired) electrons. The summed E-state index contributed by atoms with van der Waals surface area (Å²) in [5.41, 5.74) is 0. The highest BCUT2D eigenvalue weighted by Crippen LogP contribution is 2.26. The van der Waals surface area contributed by atoms with Gasteiger partial charge >= 0.3 is 0 Å². The highest BCUT2D eigenvalue weighted by molar-refractivity contribution is 5.04. The number of piperazine rings is 1. The molecule has 0 amide bonds. The van der Waals surface area contributed by atoms with Gasteiger partial charge in [-0.25, -0.2) is 0 Å². The van der Waals surface area contributed by atoms with Crippen molar-refractivity contribution in [2.24, 2.45) is 0 Å². The van der Waals surface area contributed by atoms with Crippen molar-refractivity contribution in [3.05, 3.63) is 0 Å². The number of hydrogen-bond donors (Lipinski definition) is 1. The van der Waals surface area contributed by atoms with Gasteiger partial charge < -0.3 is 10.2 Å². The molecule has 0 aromatic rings. The van der Waals surface area contributed by atoms with E-state index in [0.29, 0.717) is 12.1 Å². The third-order valence-corrected chi connectivity index (χ3v) is 2.21. The Balaban J connectivity index is 2.07. The Morgan fingerprint density at radius 3 is 2.44 bits per heavy atom. The monoisotopic (exact) mass is 123 g/mol. The van der Waals surface area contributed by atoms with Gasteiger partial charge in [-0.2, -0.15) is 5.26 Å². The van der Waals surface area contributed by atoms with Gasteiger partial charge in [0, 0.05) is 13.1 Å². The number of nitriles is 1. The second kappa shape index (κ2) is 1.61. The van der Waals surface area contributed by atoms with Crippen LogP contribution in [0.25, 0.3) is 0 Å². The maximum absolute atomic E-state index is 8.54. The quantitative estimate of drug-likeness (QED) is 0.442. The first-order valence-electron chi connectivity index (χ1n) is 3.30. The predicted molar refractivity (Wildman–Crippen MR) is 32.5 cm³/mol. The zero-order valence-corrected chi connectivity index (χ0v) is 5.17. The second-order valence-corrected chi connectivity index (χ2v) is 2.71. The third-order valence-electron chi connectivity index (χ3n) is 2.21. The fourth-order valence-electron chi connectivity index (χ4n) is 1.64. The predicted octanol–water partition coefficient (Wildman–Crippen LogP) is -0.486. The normalized spacial score (nSPS) is 39.2. The number of piperidine rings is 1. The Hall–Kier alpha value is -0.750. The molecule has 2 atom stereocenters. The summed E-state index contributed by atoms with van der Waals surface area (Å²) in [5.74, 6) is 0. The maximum Gasteiger partial charge on any atom is 0.179 e. The van der Waals surface area contributed by atoms with E-state index in [0.717, 1.165) is 13.1 Å². The van der Waals surface area contributed by atoms with Gasteiger partial charge in [0.2, 0.25) is 0 Å². The molecule has 2 bridgehead atoms. The fraction of sp³-hybridized carbons (Fsp3) is 0.833. The molecule has 3 fully saturated rings. The largest absolute Gasteiger partial charge is 0.313 e. The van der Waals surface area contributed by atoms with E-state index in [2.05, 4.69) is 11.5 Å². The lowest BCUT2D eigenvalue weighted by atomic mass is 9.90.